The number of amides is 1. The van der Waals surface area contributed by atoms with E-state index >= 15 is 0 Å². The lowest BCUT2D eigenvalue weighted by molar-refractivity contribution is 0.0982. The van der Waals surface area contributed by atoms with Gasteiger partial charge in [0.05, 0.1) is 31.7 Å². The average Bonchev–Trinajstić information content (AvgIpc) is 3.33. The minimum atomic E-state index is -3.39. The molecule has 2 aromatic carbocycles. The van der Waals surface area contributed by atoms with E-state index in [0.717, 1.165) is 5.41 Å². The summed E-state index contributed by atoms with van der Waals surface area (Å²) >= 11 is 0. The van der Waals surface area contributed by atoms with Gasteiger partial charge >= 0.3 is 0 Å². The number of carbonyl (C=O) groups excluding carboxylic acids is 1. The predicted molar refractivity (Wildman–Crippen MR) is 106 cm³/mol. The van der Waals surface area contributed by atoms with Crippen molar-refractivity contribution in [2.75, 3.05) is 31.7 Å². The largest absolute Gasteiger partial charge is 0.497 e. The van der Waals surface area contributed by atoms with Crippen LogP contribution in [0.15, 0.2) is 47.9 Å². The van der Waals surface area contributed by atoms with Crippen molar-refractivity contribution >= 4 is 21.4 Å². The maximum Gasteiger partial charge on any atom is 0.259 e. The Morgan fingerprint density at radius 3 is 2.55 bits per heavy atom. The van der Waals surface area contributed by atoms with Gasteiger partial charge in [-0.2, -0.15) is 0 Å². The zero-order valence-corrected chi connectivity index (χ0v) is 16.6. The van der Waals surface area contributed by atoms with E-state index in [1.54, 1.807) is 36.4 Å². The molecule has 8 nitrogen and oxygen atoms in total. The Balaban J connectivity index is 1.79. The topological polar surface area (TPSA) is 91.4 Å². The molecule has 0 aromatic heterocycles. The molecule has 1 atom stereocenters. The van der Waals surface area contributed by atoms with Crippen molar-refractivity contribution in [2.45, 2.75) is 6.04 Å². The number of fused-ring (bicyclic) bond motifs is 1. The van der Waals surface area contributed by atoms with E-state index in [1.165, 1.54) is 25.2 Å². The number of hydrogen-bond donors (Lipinski definition) is 0. The number of anilines is 1. The Labute approximate surface area is 168 Å². The second-order valence-electron chi connectivity index (χ2n) is 6.51. The molecular weight excluding hydrogens is 398 g/mol. The molecule has 152 valence electrons. The molecule has 0 unspecified atom stereocenters. The van der Waals surface area contributed by atoms with Crippen LogP contribution in [-0.4, -0.2) is 47.1 Å². The molecule has 0 saturated heterocycles. The van der Waals surface area contributed by atoms with Crippen molar-refractivity contribution in [2.24, 2.45) is 0 Å². The Hall–Kier alpha value is -3.20. The second-order valence-corrected chi connectivity index (χ2v) is 8.44. The average molecular weight is 417 g/mol. The number of nitrogens with zero attached hydrogens (tertiary/aromatic N) is 1. The first kappa shape index (κ1) is 19.1. The summed E-state index contributed by atoms with van der Waals surface area (Å²) in [6, 6.07) is 9.17. The molecular formula is C20H19NO7S. The highest BCUT2D eigenvalue weighted by atomic mass is 32.2. The van der Waals surface area contributed by atoms with Crippen LogP contribution >= 0.6 is 0 Å². The highest BCUT2D eigenvalue weighted by molar-refractivity contribution is 7.94. The lowest BCUT2D eigenvalue weighted by Gasteiger charge is -2.29. The Bertz CT molecular complexity index is 1090. The summed E-state index contributed by atoms with van der Waals surface area (Å²) < 4.78 is 45.4. The SMILES string of the molecule is COc1ccc(N(C(=O)c2ccc3c(c2)OCO3)[C@H]2C=CS(=O)(=O)C2)c(OC)c1. The first-order valence-corrected chi connectivity index (χ1v) is 10.5. The smallest absolute Gasteiger partial charge is 0.259 e. The molecule has 0 bridgehead atoms. The zero-order valence-electron chi connectivity index (χ0n) is 15.8. The second kappa shape index (κ2) is 7.32. The summed E-state index contributed by atoms with van der Waals surface area (Å²) in [5.41, 5.74) is 0.771. The summed E-state index contributed by atoms with van der Waals surface area (Å²) in [5, 5.41) is 1.13. The van der Waals surface area contributed by atoms with Gasteiger partial charge in [0.15, 0.2) is 21.3 Å². The first-order valence-electron chi connectivity index (χ1n) is 8.78. The summed E-state index contributed by atoms with van der Waals surface area (Å²) in [7, 11) is -0.392. The van der Waals surface area contributed by atoms with Gasteiger partial charge in [-0.3, -0.25) is 9.69 Å². The number of methoxy groups -OCH3 is 2. The summed E-state index contributed by atoms with van der Waals surface area (Å²) in [6.07, 6.45) is 1.50. The summed E-state index contributed by atoms with van der Waals surface area (Å²) in [5.74, 6) is 1.36. The molecule has 2 aliphatic rings. The molecule has 0 radical (unpaired) electrons. The Morgan fingerprint density at radius 2 is 1.86 bits per heavy atom. The highest BCUT2D eigenvalue weighted by Gasteiger charge is 2.34. The third-order valence-electron chi connectivity index (χ3n) is 4.73. The quantitative estimate of drug-likeness (QED) is 0.738. The Morgan fingerprint density at radius 1 is 1.07 bits per heavy atom. The summed E-state index contributed by atoms with van der Waals surface area (Å²) in [4.78, 5) is 14.9. The Kier molecular flexibility index (Phi) is 4.83. The van der Waals surface area contributed by atoms with Crippen LogP contribution in [0.3, 0.4) is 0 Å². The van der Waals surface area contributed by atoms with Gasteiger partial charge in [-0.05, 0) is 36.4 Å². The fraction of sp³-hybridized carbons (Fsp3) is 0.250. The molecule has 29 heavy (non-hydrogen) atoms. The third kappa shape index (κ3) is 3.61. The number of sulfone groups is 1. The molecule has 0 aliphatic carbocycles. The molecule has 2 aromatic rings. The molecule has 0 saturated carbocycles. The number of rotatable bonds is 5. The molecule has 4 rings (SSSR count). The maximum absolute atomic E-state index is 13.5. The molecule has 2 aliphatic heterocycles. The van der Waals surface area contributed by atoms with Gasteiger partial charge in [0.1, 0.15) is 11.5 Å². The van der Waals surface area contributed by atoms with E-state index in [0.29, 0.717) is 34.2 Å². The molecule has 2 heterocycles. The lowest BCUT2D eigenvalue weighted by Crippen LogP contribution is -2.41. The maximum atomic E-state index is 13.5. The van der Waals surface area contributed by atoms with Crippen LogP contribution in [0, 0.1) is 0 Å². The van der Waals surface area contributed by atoms with E-state index in [-0.39, 0.29) is 12.5 Å². The van der Waals surface area contributed by atoms with E-state index in [4.69, 9.17) is 18.9 Å². The minimum Gasteiger partial charge on any atom is -0.497 e. The number of hydrogen-bond acceptors (Lipinski definition) is 7. The fourth-order valence-corrected chi connectivity index (χ4v) is 4.58. The minimum absolute atomic E-state index is 0.0899. The van der Waals surface area contributed by atoms with Gasteiger partial charge in [-0.25, -0.2) is 8.42 Å². The molecule has 0 fully saturated rings. The third-order valence-corrected chi connectivity index (χ3v) is 6.11. The molecule has 0 spiro atoms. The van der Waals surface area contributed by atoms with Crippen LogP contribution in [0.2, 0.25) is 0 Å². The number of benzene rings is 2. The zero-order chi connectivity index (χ0) is 20.6. The van der Waals surface area contributed by atoms with Crippen molar-refractivity contribution in [1.82, 2.24) is 0 Å². The molecule has 0 N–H and O–H groups in total. The van der Waals surface area contributed by atoms with Crippen molar-refractivity contribution in [3.8, 4) is 23.0 Å². The van der Waals surface area contributed by atoms with Crippen molar-refractivity contribution in [1.29, 1.82) is 0 Å². The predicted octanol–water partition coefficient (Wildman–Crippen LogP) is 2.39. The van der Waals surface area contributed by atoms with Gasteiger partial charge in [-0.15, -0.1) is 0 Å². The molecule has 1 amide bonds. The number of carbonyl (C=O) groups is 1. The van der Waals surface area contributed by atoms with Crippen molar-refractivity contribution < 1.29 is 32.2 Å². The van der Waals surface area contributed by atoms with E-state index in [1.807, 2.05) is 0 Å². The normalized spacial score (nSPS) is 18.5. The monoisotopic (exact) mass is 417 g/mol. The number of ether oxygens (including phenoxy) is 4. The van der Waals surface area contributed by atoms with Crippen molar-refractivity contribution in [3.05, 3.63) is 53.4 Å². The van der Waals surface area contributed by atoms with Crippen LogP contribution in [0.1, 0.15) is 10.4 Å². The lowest BCUT2D eigenvalue weighted by atomic mass is 10.1. The van der Waals surface area contributed by atoms with Crippen LogP contribution in [0.4, 0.5) is 5.69 Å². The van der Waals surface area contributed by atoms with E-state index < -0.39 is 21.8 Å². The van der Waals surface area contributed by atoms with Gasteiger partial charge in [0, 0.05) is 17.0 Å². The van der Waals surface area contributed by atoms with Gasteiger partial charge in [-0.1, -0.05) is 0 Å². The summed E-state index contributed by atoms with van der Waals surface area (Å²) in [6.45, 7) is 0.0899. The van der Waals surface area contributed by atoms with Crippen molar-refractivity contribution in [3.63, 3.8) is 0 Å². The van der Waals surface area contributed by atoms with Crippen LogP contribution in [-0.2, 0) is 9.84 Å². The van der Waals surface area contributed by atoms with Crippen LogP contribution in [0.5, 0.6) is 23.0 Å². The van der Waals surface area contributed by atoms with Gasteiger partial charge in [0.2, 0.25) is 6.79 Å². The van der Waals surface area contributed by atoms with Gasteiger partial charge < -0.3 is 18.9 Å². The van der Waals surface area contributed by atoms with E-state index in [9.17, 15) is 13.2 Å². The molecule has 9 heteroatoms. The fourth-order valence-electron chi connectivity index (χ4n) is 3.31. The first-order chi connectivity index (χ1) is 13.9. The highest BCUT2D eigenvalue weighted by Crippen LogP contribution is 2.37. The van der Waals surface area contributed by atoms with Gasteiger partial charge in [0.25, 0.3) is 5.91 Å². The standard InChI is InChI=1S/C20H19NO7S/c1-25-15-4-5-16(18(10-15)26-2)21(14-7-8-29(23,24)11-14)20(22)13-3-6-17-19(9-13)28-12-27-17/h3-10,14H,11-12H2,1-2H3/t14-/m0/s1. The van der Waals surface area contributed by atoms with Crippen LogP contribution in [0.25, 0.3) is 0 Å². The van der Waals surface area contributed by atoms with E-state index in [2.05, 4.69) is 0 Å². The van der Waals surface area contributed by atoms with Crippen LogP contribution < -0.4 is 23.8 Å².